The van der Waals surface area contributed by atoms with Crippen LogP contribution in [0.25, 0.3) is 10.9 Å². The van der Waals surface area contributed by atoms with Gasteiger partial charge in [-0.3, -0.25) is 9.59 Å². The largest absolute Gasteiger partial charge is 0.448 e. The quantitative estimate of drug-likeness (QED) is 0.531. The van der Waals surface area contributed by atoms with Crippen LogP contribution >= 0.6 is 11.8 Å². The van der Waals surface area contributed by atoms with E-state index in [2.05, 4.69) is 27.9 Å². The van der Waals surface area contributed by atoms with Crippen LogP contribution in [0.4, 0.5) is 4.79 Å². The van der Waals surface area contributed by atoms with E-state index in [9.17, 15) is 14.4 Å². The number of ether oxygens (including phenoxy) is 1. The van der Waals surface area contributed by atoms with Crippen molar-refractivity contribution in [2.75, 3.05) is 26.0 Å². The minimum Gasteiger partial charge on any atom is -0.448 e. The lowest BCUT2D eigenvalue weighted by molar-refractivity contribution is -0.120. The summed E-state index contributed by atoms with van der Waals surface area (Å²) in [5.74, 6) is -0.375. The molecule has 0 spiro atoms. The molecule has 2 fully saturated rings. The second-order valence-corrected chi connectivity index (χ2v) is 11.4. The minimum atomic E-state index is -0.451. The number of dihydropyridines is 1. The van der Waals surface area contributed by atoms with E-state index in [4.69, 9.17) is 4.74 Å². The molecular weight excluding hydrogens is 500 g/mol. The molecule has 3 heterocycles. The van der Waals surface area contributed by atoms with Gasteiger partial charge in [0.1, 0.15) is 6.61 Å². The van der Waals surface area contributed by atoms with Crippen molar-refractivity contribution < 1.29 is 19.1 Å². The summed E-state index contributed by atoms with van der Waals surface area (Å²) in [4.78, 5) is 45.1. The monoisotopic (exact) mass is 536 g/mol. The van der Waals surface area contributed by atoms with E-state index < -0.39 is 5.92 Å². The van der Waals surface area contributed by atoms with Gasteiger partial charge in [0.05, 0.1) is 18.0 Å². The third kappa shape index (κ3) is 4.88. The standard InChI is InChI=1S/C29H36N4O4S/c1-17-15-25(38-4)23(27(34)31-17)16-30-28(35)26-19(3)33(24-8-6-5-7-22(24)26)18(2)20-9-11-21(12-10-20)32-13-14-37-29(32)36/h5-8,15,18,20-21,23H,9-14,16H2,1-4H3,(H,30,35)/t18-,20?,21?,23?/m1/s1. The summed E-state index contributed by atoms with van der Waals surface area (Å²) in [6.07, 6.45) is 7.67. The molecule has 1 N–H and O–H groups in total. The van der Waals surface area contributed by atoms with E-state index in [0.717, 1.165) is 47.2 Å². The van der Waals surface area contributed by atoms with E-state index in [0.29, 0.717) is 30.3 Å². The van der Waals surface area contributed by atoms with Crippen molar-refractivity contribution in [2.45, 2.75) is 58.5 Å². The van der Waals surface area contributed by atoms with Crippen molar-refractivity contribution in [3.8, 4) is 0 Å². The third-order valence-electron chi connectivity index (χ3n) is 8.43. The highest BCUT2D eigenvalue weighted by molar-refractivity contribution is 8.02. The molecule has 202 valence electrons. The number of para-hydroxylation sites is 1. The molecule has 1 aromatic carbocycles. The van der Waals surface area contributed by atoms with Gasteiger partial charge in [0, 0.05) is 45.8 Å². The van der Waals surface area contributed by atoms with E-state index in [-0.39, 0.29) is 36.5 Å². The summed E-state index contributed by atoms with van der Waals surface area (Å²) in [5, 5.41) is 3.96. The maximum Gasteiger partial charge on any atom is 0.410 e. The van der Waals surface area contributed by atoms with Crippen molar-refractivity contribution >= 4 is 46.3 Å². The number of hydrogen-bond acceptors (Lipinski definition) is 5. The Morgan fingerprint density at radius 1 is 1.18 bits per heavy atom. The Kier molecular flexibility index (Phi) is 7.66. The number of carbonyl (C=O) groups is 3. The molecule has 3 amide bonds. The molecule has 2 aliphatic heterocycles. The predicted molar refractivity (Wildman–Crippen MR) is 151 cm³/mol. The van der Waals surface area contributed by atoms with Gasteiger partial charge >= 0.3 is 6.09 Å². The van der Waals surface area contributed by atoms with Crippen LogP contribution in [-0.2, 0) is 9.53 Å². The zero-order chi connectivity index (χ0) is 27.0. The van der Waals surface area contributed by atoms with Gasteiger partial charge in [0.2, 0.25) is 0 Å². The molecule has 0 radical (unpaired) electrons. The molecule has 5 rings (SSSR count). The lowest BCUT2D eigenvalue weighted by Crippen LogP contribution is -2.39. The third-order valence-corrected chi connectivity index (χ3v) is 9.30. The molecule has 8 nitrogen and oxygen atoms in total. The number of aliphatic imine (C=N–C) groups is 1. The van der Waals surface area contributed by atoms with Crippen LogP contribution in [0.2, 0.25) is 0 Å². The first-order valence-electron chi connectivity index (χ1n) is 13.5. The highest BCUT2D eigenvalue weighted by Gasteiger charge is 2.35. The summed E-state index contributed by atoms with van der Waals surface area (Å²) < 4.78 is 7.46. The van der Waals surface area contributed by atoms with Crippen molar-refractivity contribution in [3.05, 3.63) is 46.5 Å². The summed E-state index contributed by atoms with van der Waals surface area (Å²) in [7, 11) is 0. The van der Waals surface area contributed by atoms with Crippen LogP contribution in [0, 0.1) is 18.8 Å². The number of thioether (sulfide) groups is 1. The number of nitrogens with one attached hydrogen (secondary N) is 1. The zero-order valence-electron chi connectivity index (χ0n) is 22.5. The lowest BCUT2D eigenvalue weighted by atomic mass is 9.81. The second-order valence-electron chi connectivity index (χ2n) is 10.6. The van der Waals surface area contributed by atoms with Crippen molar-refractivity contribution in [2.24, 2.45) is 16.8 Å². The predicted octanol–water partition coefficient (Wildman–Crippen LogP) is 5.12. The lowest BCUT2D eigenvalue weighted by Gasteiger charge is -2.36. The number of amides is 3. The molecule has 3 aliphatic rings. The Balaban J connectivity index is 1.34. The van der Waals surface area contributed by atoms with Crippen LogP contribution in [0.5, 0.6) is 0 Å². The van der Waals surface area contributed by atoms with E-state index >= 15 is 0 Å². The Morgan fingerprint density at radius 3 is 2.61 bits per heavy atom. The highest BCUT2D eigenvalue weighted by Crippen LogP contribution is 2.39. The number of nitrogens with zero attached hydrogens (tertiary/aromatic N) is 3. The molecule has 1 aliphatic carbocycles. The van der Waals surface area contributed by atoms with Gasteiger partial charge in [-0.2, -0.15) is 0 Å². The topological polar surface area (TPSA) is 93.0 Å². The molecule has 2 atom stereocenters. The summed E-state index contributed by atoms with van der Waals surface area (Å²) in [6, 6.07) is 8.52. The van der Waals surface area contributed by atoms with Gasteiger partial charge in [-0.1, -0.05) is 18.2 Å². The number of rotatable bonds is 7. The molecule has 1 unspecified atom stereocenters. The molecule has 38 heavy (non-hydrogen) atoms. The zero-order valence-corrected chi connectivity index (χ0v) is 23.3. The van der Waals surface area contributed by atoms with Crippen LogP contribution in [0.15, 0.2) is 40.2 Å². The average Bonchev–Trinajstić information content (AvgIpc) is 3.47. The van der Waals surface area contributed by atoms with Crippen LogP contribution in [-0.4, -0.2) is 65.1 Å². The van der Waals surface area contributed by atoms with E-state index in [1.807, 2.05) is 49.3 Å². The van der Waals surface area contributed by atoms with E-state index in [1.54, 1.807) is 0 Å². The number of hydrogen-bond donors (Lipinski definition) is 1. The number of benzene rings is 1. The smallest absolute Gasteiger partial charge is 0.410 e. The molecule has 9 heteroatoms. The van der Waals surface area contributed by atoms with E-state index in [1.165, 1.54) is 11.8 Å². The molecule has 1 aromatic heterocycles. The first kappa shape index (κ1) is 26.5. The van der Waals surface area contributed by atoms with Gasteiger partial charge < -0.3 is 19.5 Å². The van der Waals surface area contributed by atoms with Crippen LogP contribution in [0.3, 0.4) is 0 Å². The summed E-state index contributed by atoms with van der Waals surface area (Å²) in [6.45, 7) is 7.48. The van der Waals surface area contributed by atoms with Gasteiger partial charge in [-0.05, 0) is 70.8 Å². The van der Waals surface area contributed by atoms with Gasteiger partial charge in [0.25, 0.3) is 11.8 Å². The average molecular weight is 537 g/mol. The Morgan fingerprint density at radius 2 is 1.92 bits per heavy atom. The molecule has 1 saturated heterocycles. The van der Waals surface area contributed by atoms with Gasteiger partial charge in [-0.25, -0.2) is 9.79 Å². The second kappa shape index (κ2) is 11.0. The normalized spacial score (nSPS) is 24.7. The first-order chi connectivity index (χ1) is 18.3. The maximum atomic E-state index is 13.6. The number of aromatic nitrogens is 1. The van der Waals surface area contributed by atoms with Gasteiger partial charge in [0.15, 0.2) is 0 Å². The number of fused-ring (bicyclic) bond motifs is 1. The van der Waals surface area contributed by atoms with Crippen LogP contribution < -0.4 is 5.32 Å². The minimum absolute atomic E-state index is 0.166. The summed E-state index contributed by atoms with van der Waals surface area (Å²) >= 11 is 1.52. The number of carbonyl (C=O) groups excluding carboxylic acids is 3. The maximum absolute atomic E-state index is 13.6. The fraction of sp³-hybridized carbons (Fsp3) is 0.517. The highest BCUT2D eigenvalue weighted by atomic mass is 32.2. The number of cyclic esters (lactones) is 1. The fourth-order valence-electron chi connectivity index (χ4n) is 6.43. The Labute approximate surface area is 227 Å². The van der Waals surface area contributed by atoms with Crippen molar-refractivity contribution in [3.63, 3.8) is 0 Å². The van der Waals surface area contributed by atoms with Gasteiger partial charge in [-0.15, -0.1) is 11.8 Å². The van der Waals surface area contributed by atoms with Crippen molar-refractivity contribution in [1.29, 1.82) is 0 Å². The SMILES string of the molecule is CSC1=CC(C)=NC(=O)C1CNC(=O)c1c(C)n([C@H](C)C2CCC(N3CCOC3=O)CC2)c2ccccc12. The molecule has 0 bridgehead atoms. The van der Waals surface area contributed by atoms with Crippen LogP contribution in [0.1, 0.15) is 61.6 Å². The molecule has 2 aromatic rings. The first-order valence-corrected chi connectivity index (χ1v) is 14.7. The number of allylic oxidation sites excluding steroid dienone is 1. The molecule has 1 saturated carbocycles. The Bertz CT molecular complexity index is 1320. The Hall–Kier alpha value is -3.07. The molecular formula is C29H36N4O4S. The summed E-state index contributed by atoms with van der Waals surface area (Å²) in [5.41, 5.74) is 3.35. The fourth-order valence-corrected chi connectivity index (χ4v) is 7.19. The van der Waals surface area contributed by atoms with Crippen molar-refractivity contribution in [1.82, 2.24) is 14.8 Å².